The Balaban J connectivity index is 1.37. The number of hydrogen-bond donors (Lipinski definition) is 1. The number of piperidine rings is 1. The highest BCUT2D eigenvalue weighted by molar-refractivity contribution is 5.75. The first-order valence-electron chi connectivity index (χ1n) is 9.32. The number of rotatable bonds is 5. The molecule has 1 aromatic carbocycles. The van der Waals surface area contributed by atoms with Gasteiger partial charge in [0.15, 0.2) is 0 Å². The molecule has 2 heterocycles. The maximum absolute atomic E-state index is 11.7. The Labute approximate surface area is 154 Å². The molecule has 2 aliphatic rings. The van der Waals surface area contributed by atoms with Gasteiger partial charge in [-0.3, -0.25) is 9.78 Å². The molecule has 2 aromatic rings. The van der Waals surface area contributed by atoms with Crippen molar-refractivity contribution in [1.29, 1.82) is 0 Å². The van der Waals surface area contributed by atoms with Crippen LogP contribution >= 0.6 is 0 Å². The Hall–Kier alpha value is -2.46. The van der Waals surface area contributed by atoms with Crippen molar-refractivity contribution >= 4 is 12.0 Å². The van der Waals surface area contributed by atoms with Crippen molar-refractivity contribution in [2.24, 2.45) is 0 Å². The van der Waals surface area contributed by atoms with Gasteiger partial charge in [-0.05, 0) is 61.7 Å². The molecule has 1 aromatic heterocycles. The molecule has 1 unspecified atom stereocenters. The van der Waals surface area contributed by atoms with Crippen molar-refractivity contribution in [2.45, 2.75) is 30.6 Å². The number of aromatic nitrogens is 1. The van der Waals surface area contributed by atoms with Crippen LogP contribution in [0.25, 0.3) is 6.08 Å². The predicted octanol–water partition coefficient (Wildman–Crippen LogP) is 3.70. The van der Waals surface area contributed by atoms with E-state index in [1.165, 1.54) is 11.1 Å². The molecule has 26 heavy (non-hydrogen) atoms. The number of carboxylic acid groups (broad SMARTS) is 1. The normalized spacial score (nSPS) is 19.4. The molecule has 4 nitrogen and oxygen atoms in total. The lowest BCUT2D eigenvalue weighted by atomic mass is 9.74. The second kappa shape index (κ2) is 7.04. The molecule has 4 heteroatoms. The summed E-state index contributed by atoms with van der Waals surface area (Å²) in [4.78, 5) is 18.1. The van der Waals surface area contributed by atoms with Crippen LogP contribution in [0.5, 0.6) is 0 Å². The molecule has 134 valence electrons. The van der Waals surface area contributed by atoms with E-state index >= 15 is 0 Å². The molecule has 0 radical (unpaired) electrons. The summed E-state index contributed by atoms with van der Waals surface area (Å²) in [5, 5.41) is 9.58. The van der Waals surface area contributed by atoms with Crippen LogP contribution in [0.4, 0.5) is 0 Å². The van der Waals surface area contributed by atoms with E-state index < -0.39 is 11.9 Å². The number of fused-ring (bicyclic) bond motifs is 2. The summed E-state index contributed by atoms with van der Waals surface area (Å²) in [7, 11) is 0. The molecule has 1 saturated heterocycles. The van der Waals surface area contributed by atoms with E-state index in [0.29, 0.717) is 6.42 Å². The van der Waals surface area contributed by atoms with Crippen LogP contribution in [0, 0.1) is 0 Å². The lowest BCUT2D eigenvalue weighted by Crippen LogP contribution is -2.41. The van der Waals surface area contributed by atoms with Gasteiger partial charge in [-0.25, -0.2) is 0 Å². The third-order valence-electron chi connectivity index (χ3n) is 5.95. The number of hydrogen-bond acceptors (Lipinski definition) is 3. The number of nitrogens with zero attached hydrogens (tertiary/aromatic N) is 2. The van der Waals surface area contributed by atoms with Crippen molar-refractivity contribution in [3.8, 4) is 0 Å². The minimum atomic E-state index is -0.765. The van der Waals surface area contributed by atoms with Gasteiger partial charge in [-0.2, -0.15) is 0 Å². The zero-order valence-electron chi connectivity index (χ0n) is 14.8. The average Bonchev–Trinajstić information content (AvgIpc) is 3.03. The van der Waals surface area contributed by atoms with E-state index in [1.807, 2.05) is 6.07 Å². The molecule has 1 atom stereocenters. The molecular formula is C22H24N2O2. The Morgan fingerprint density at radius 1 is 1.19 bits per heavy atom. The van der Waals surface area contributed by atoms with Gasteiger partial charge in [0.1, 0.15) is 0 Å². The van der Waals surface area contributed by atoms with Gasteiger partial charge in [-0.15, -0.1) is 0 Å². The number of allylic oxidation sites excluding steroid dienone is 1. The zero-order chi connectivity index (χ0) is 18.0. The molecule has 1 aliphatic carbocycles. The smallest absolute Gasteiger partial charge is 0.311 e. The van der Waals surface area contributed by atoms with Gasteiger partial charge in [0.2, 0.25) is 0 Å². The molecule has 1 aliphatic heterocycles. The van der Waals surface area contributed by atoms with Crippen molar-refractivity contribution in [3.05, 3.63) is 71.6 Å². The van der Waals surface area contributed by atoms with Crippen molar-refractivity contribution < 1.29 is 9.90 Å². The first kappa shape index (κ1) is 17.0. The fourth-order valence-corrected chi connectivity index (χ4v) is 4.37. The van der Waals surface area contributed by atoms with E-state index in [1.54, 1.807) is 18.5 Å². The summed E-state index contributed by atoms with van der Waals surface area (Å²) >= 11 is 0. The standard InChI is InChI=1S/C22H24N2O2/c25-21(26)19(18-5-3-12-23-16-18)8-13-24-14-10-22(11-15-24)9-7-17-4-1-2-6-20(17)22/h1-7,9,12,16,19H,8,10-11,13-15H2,(H,25,26). The fraction of sp³-hybridized carbons (Fsp3) is 0.364. The van der Waals surface area contributed by atoms with Crippen molar-refractivity contribution in [2.75, 3.05) is 19.6 Å². The summed E-state index contributed by atoms with van der Waals surface area (Å²) in [6.07, 6.45) is 10.8. The molecule has 0 bridgehead atoms. The van der Waals surface area contributed by atoms with Gasteiger partial charge in [0.05, 0.1) is 5.92 Å². The number of likely N-dealkylation sites (tertiary alicyclic amines) is 1. The van der Waals surface area contributed by atoms with E-state index in [2.05, 4.69) is 46.3 Å². The molecule has 0 saturated carbocycles. The highest BCUT2D eigenvalue weighted by atomic mass is 16.4. The highest BCUT2D eigenvalue weighted by Gasteiger charge is 2.37. The SMILES string of the molecule is O=C(O)C(CCN1CCC2(C=Cc3ccccc32)CC1)c1cccnc1. The van der Waals surface area contributed by atoms with Crippen LogP contribution in [0.2, 0.25) is 0 Å². The van der Waals surface area contributed by atoms with Crippen LogP contribution < -0.4 is 0 Å². The third kappa shape index (κ3) is 3.17. The average molecular weight is 348 g/mol. The van der Waals surface area contributed by atoms with E-state index in [-0.39, 0.29) is 5.41 Å². The lowest BCUT2D eigenvalue weighted by molar-refractivity contribution is -0.139. The van der Waals surface area contributed by atoms with Crippen molar-refractivity contribution in [1.82, 2.24) is 9.88 Å². The Bertz CT molecular complexity index is 808. The van der Waals surface area contributed by atoms with Gasteiger partial charge < -0.3 is 10.0 Å². The van der Waals surface area contributed by atoms with Gasteiger partial charge >= 0.3 is 5.97 Å². The first-order valence-corrected chi connectivity index (χ1v) is 9.32. The number of carbonyl (C=O) groups is 1. The summed E-state index contributed by atoms with van der Waals surface area (Å²) < 4.78 is 0. The second-order valence-corrected chi connectivity index (χ2v) is 7.38. The highest BCUT2D eigenvalue weighted by Crippen LogP contribution is 2.43. The van der Waals surface area contributed by atoms with Gasteiger partial charge in [0, 0.05) is 17.8 Å². The molecule has 1 N–H and O–H groups in total. The van der Waals surface area contributed by atoms with E-state index in [4.69, 9.17) is 0 Å². The quantitative estimate of drug-likeness (QED) is 0.895. The monoisotopic (exact) mass is 348 g/mol. The maximum atomic E-state index is 11.7. The Morgan fingerprint density at radius 3 is 2.73 bits per heavy atom. The van der Waals surface area contributed by atoms with Crippen molar-refractivity contribution in [3.63, 3.8) is 0 Å². The van der Waals surface area contributed by atoms with E-state index in [9.17, 15) is 9.90 Å². The Morgan fingerprint density at radius 2 is 2.00 bits per heavy atom. The molecule has 0 amide bonds. The number of aliphatic carboxylic acids is 1. The number of benzene rings is 1. The predicted molar refractivity (Wildman–Crippen MR) is 102 cm³/mol. The lowest BCUT2D eigenvalue weighted by Gasteiger charge is -2.39. The van der Waals surface area contributed by atoms with Crippen LogP contribution in [0.15, 0.2) is 54.9 Å². The summed E-state index contributed by atoms with van der Waals surface area (Å²) in [5.74, 6) is -1.24. The van der Waals surface area contributed by atoms with Gasteiger partial charge in [0.25, 0.3) is 0 Å². The minimum Gasteiger partial charge on any atom is -0.481 e. The molecule has 4 rings (SSSR count). The second-order valence-electron chi connectivity index (χ2n) is 7.38. The molecule has 1 spiro atoms. The maximum Gasteiger partial charge on any atom is 0.311 e. The number of pyridine rings is 1. The fourth-order valence-electron chi connectivity index (χ4n) is 4.37. The molecule has 1 fully saturated rings. The largest absolute Gasteiger partial charge is 0.481 e. The summed E-state index contributed by atoms with van der Waals surface area (Å²) in [6, 6.07) is 12.3. The Kier molecular flexibility index (Phi) is 4.60. The third-order valence-corrected chi connectivity index (χ3v) is 5.95. The van der Waals surface area contributed by atoms with Crippen LogP contribution in [-0.2, 0) is 10.2 Å². The first-order chi connectivity index (χ1) is 12.7. The number of carboxylic acids is 1. The van der Waals surface area contributed by atoms with Crippen LogP contribution in [0.1, 0.15) is 41.9 Å². The summed E-state index contributed by atoms with van der Waals surface area (Å²) in [5.41, 5.74) is 3.78. The van der Waals surface area contributed by atoms with Crippen LogP contribution in [0.3, 0.4) is 0 Å². The zero-order valence-corrected chi connectivity index (χ0v) is 14.8. The minimum absolute atomic E-state index is 0.183. The topological polar surface area (TPSA) is 53.4 Å². The molecular weight excluding hydrogens is 324 g/mol. The van der Waals surface area contributed by atoms with E-state index in [0.717, 1.165) is 38.0 Å². The van der Waals surface area contributed by atoms with Gasteiger partial charge in [-0.1, -0.05) is 42.5 Å². The van der Waals surface area contributed by atoms with Crippen LogP contribution in [-0.4, -0.2) is 40.6 Å². The summed E-state index contributed by atoms with van der Waals surface area (Å²) in [6.45, 7) is 2.84.